The second-order valence-electron chi connectivity index (χ2n) is 9.31. The van der Waals surface area contributed by atoms with Crippen molar-refractivity contribution >= 4 is 63.7 Å². The molecule has 1 saturated heterocycles. The van der Waals surface area contributed by atoms with Crippen LogP contribution in [0, 0.1) is 6.92 Å². The monoisotopic (exact) mass is 592 g/mol. The molecule has 0 bridgehead atoms. The first-order valence-corrected chi connectivity index (χ1v) is 13.8. The van der Waals surface area contributed by atoms with Crippen molar-refractivity contribution in [3.63, 3.8) is 0 Å². The maximum absolute atomic E-state index is 12.9. The molecule has 40 heavy (non-hydrogen) atoms. The average molecular weight is 594 g/mol. The highest BCUT2D eigenvalue weighted by atomic mass is 35.5. The lowest BCUT2D eigenvalue weighted by Crippen LogP contribution is -2.48. The summed E-state index contributed by atoms with van der Waals surface area (Å²) in [4.78, 5) is 29.7. The highest BCUT2D eigenvalue weighted by molar-refractivity contribution is 7.80. The molecule has 0 radical (unpaired) electrons. The Kier molecular flexibility index (Phi) is 8.40. The summed E-state index contributed by atoms with van der Waals surface area (Å²) < 4.78 is 5.68. The third-order valence-electron chi connectivity index (χ3n) is 6.71. The molecule has 2 amide bonds. The fraction of sp³-hybridized carbons (Fsp3) is 0.167. The van der Waals surface area contributed by atoms with Gasteiger partial charge in [0.2, 0.25) is 0 Å². The third kappa shape index (κ3) is 6.14. The molecule has 1 aromatic heterocycles. The van der Waals surface area contributed by atoms with Crippen molar-refractivity contribution in [1.82, 2.24) is 10.2 Å². The summed E-state index contributed by atoms with van der Waals surface area (Å²) in [6.07, 6.45) is 0. The lowest BCUT2D eigenvalue weighted by atomic mass is 10.1. The number of carbonyl (C=O) groups is 2. The lowest BCUT2D eigenvalue weighted by molar-refractivity contribution is 0.0746. The number of aryl methyl sites for hydroxylation is 1. The van der Waals surface area contributed by atoms with Crippen molar-refractivity contribution in [3.8, 4) is 11.3 Å². The summed E-state index contributed by atoms with van der Waals surface area (Å²) in [6.45, 7) is 4.75. The molecule has 2 N–H and O–H groups in total. The minimum atomic E-state index is -0.489. The predicted molar refractivity (Wildman–Crippen MR) is 164 cm³/mol. The maximum Gasteiger partial charge on any atom is 0.293 e. The van der Waals surface area contributed by atoms with Gasteiger partial charge in [-0.1, -0.05) is 47.5 Å². The molecule has 7 nitrogen and oxygen atoms in total. The molecule has 2 heterocycles. The molecule has 3 aromatic carbocycles. The van der Waals surface area contributed by atoms with Crippen molar-refractivity contribution in [3.05, 3.63) is 106 Å². The highest BCUT2D eigenvalue weighted by Crippen LogP contribution is 2.34. The van der Waals surface area contributed by atoms with Gasteiger partial charge in [0, 0.05) is 48.7 Å². The smallest absolute Gasteiger partial charge is 0.293 e. The van der Waals surface area contributed by atoms with Crippen LogP contribution in [0.1, 0.15) is 26.5 Å². The van der Waals surface area contributed by atoms with Gasteiger partial charge in [-0.15, -0.1) is 0 Å². The Morgan fingerprint density at radius 2 is 1.60 bits per heavy atom. The number of piperazine rings is 1. The quantitative estimate of drug-likeness (QED) is 0.253. The normalized spacial score (nSPS) is 13.2. The zero-order chi connectivity index (χ0) is 28.2. The van der Waals surface area contributed by atoms with E-state index in [4.69, 9.17) is 39.8 Å². The molecular weight excluding hydrogens is 567 g/mol. The number of hydrogen-bond donors (Lipinski definition) is 2. The van der Waals surface area contributed by atoms with E-state index in [0.717, 1.165) is 35.6 Å². The van der Waals surface area contributed by atoms with E-state index in [2.05, 4.69) is 15.5 Å². The van der Waals surface area contributed by atoms with Crippen LogP contribution in [0.2, 0.25) is 10.0 Å². The SMILES string of the molecule is Cc1ccccc1C(=O)N1CCN(c2ccc(NC(=S)NC(=O)c3ccc(-c4cccc(Cl)c4Cl)o3)cc2)CC1. The molecule has 5 rings (SSSR count). The number of benzene rings is 3. The van der Waals surface area contributed by atoms with Crippen LogP contribution < -0.4 is 15.5 Å². The van der Waals surface area contributed by atoms with E-state index in [9.17, 15) is 9.59 Å². The number of anilines is 2. The number of halogens is 2. The van der Waals surface area contributed by atoms with Gasteiger partial charge < -0.3 is 19.5 Å². The Labute approximate surface area is 247 Å². The largest absolute Gasteiger partial charge is 0.451 e. The Morgan fingerprint density at radius 3 is 2.33 bits per heavy atom. The van der Waals surface area contributed by atoms with Crippen molar-refractivity contribution in [2.45, 2.75) is 6.92 Å². The van der Waals surface area contributed by atoms with Crippen molar-refractivity contribution < 1.29 is 14.0 Å². The molecule has 1 aliphatic heterocycles. The topological polar surface area (TPSA) is 77.8 Å². The highest BCUT2D eigenvalue weighted by Gasteiger charge is 2.23. The van der Waals surface area contributed by atoms with Crippen LogP contribution in [-0.2, 0) is 0 Å². The Balaban J connectivity index is 1.13. The summed E-state index contributed by atoms with van der Waals surface area (Å²) in [5, 5.41) is 6.53. The first kappa shape index (κ1) is 27.7. The van der Waals surface area contributed by atoms with Gasteiger partial charge in [0.15, 0.2) is 10.9 Å². The first-order valence-electron chi connectivity index (χ1n) is 12.7. The number of rotatable bonds is 5. The third-order valence-corrected chi connectivity index (χ3v) is 7.73. The summed E-state index contributed by atoms with van der Waals surface area (Å²) in [6, 6.07) is 23.8. The zero-order valence-electron chi connectivity index (χ0n) is 21.6. The van der Waals surface area contributed by atoms with Gasteiger partial charge in [-0.25, -0.2) is 0 Å². The summed E-state index contributed by atoms with van der Waals surface area (Å²) >= 11 is 17.7. The second-order valence-corrected chi connectivity index (χ2v) is 10.5. The molecule has 0 saturated carbocycles. The average Bonchev–Trinajstić information content (AvgIpc) is 3.45. The van der Waals surface area contributed by atoms with Crippen LogP contribution in [0.4, 0.5) is 11.4 Å². The molecule has 1 aliphatic rings. The van der Waals surface area contributed by atoms with E-state index >= 15 is 0 Å². The number of nitrogens with zero attached hydrogens (tertiary/aromatic N) is 2. The summed E-state index contributed by atoms with van der Waals surface area (Å²) in [5.74, 6) is 0.0987. The number of nitrogens with one attached hydrogen (secondary N) is 2. The van der Waals surface area contributed by atoms with Gasteiger partial charge >= 0.3 is 0 Å². The number of hydrogen-bond acceptors (Lipinski definition) is 5. The van der Waals surface area contributed by atoms with Gasteiger partial charge in [0.1, 0.15) is 5.76 Å². The minimum absolute atomic E-state index is 0.0758. The summed E-state index contributed by atoms with van der Waals surface area (Å²) in [5.41, 5.74) is 4.11. The standard InChI is InChI=1S/C30H26Cl2N4O3S/c1-19-5-2-3-6-22(19)29(38)36-17-15-35(16-18-36)21-11-9-20(10-12-21)33-30(40)34-28(37)26-14-13-25(39-26)23-7-4-8-24(31)27(23)32/h2-14H,15-18H2,1H3,(H2,33,34,37,40). The van der Waals surface area contributed by atoms with Gasteiger partial charge in [0.05, 0.1) is 10.0 Å². The zero-order valence-corrected chi connectivity index (χ0v) is 23.9. The van der Waals surface area contributed by atoms with Crippen LogP contribution in [0.3, 0.4) is 0 Å². The van der Waals surface area contributed by atoms with Crippen molar-refractivity contribution in [2.24, 2.45) is 0 Å². The number of amides is 2. The lowest BCUT2D eigenvalue weighted by Gasteiger charge is -2.36. The van der Waals surface area contributed by atoms with Gasteiger partial charge in [0.25, 0.3) is 11.8 Å². The van der Waals surface area contributed by atoms with E-state index < -0.39 is 5.91 Å². The van der Waals surface area contributed by atoms with Crippen molar-refractivity contribution in [2.75, 3.05) is 36.4 Å². The van der Waals surface area contributed by atoms with Crippen LogP contribution in [0.25, 0.3) is 11.3 Å². The van der Waals surface area contributed by atoms with E-state index in [-0.39, 0.29) is 16.8 Å². The molecule has 0 atom stereocenters. The summed E-state index contributed by atoms with van der Waals surface area (Å²) in [7, 11) is 0. The predicted octanol–water partition coefficient (Wildman–Crippen LogP) is 6.65. The van der Waals surface area contributed by atoms with E-state index in [0.29, 0.717) is 34.5 Å². The van der Waals surface area contributed by atoms with Gasteiger partial charge in [-0.3, -0.25) is 14.9 Å². The number of furan rings is 1. The Morgan fingerprint density at radius 1 is 0.875 bits per heavy atom. The molecule has 0 aliphatic carbocycles. The van der Waals surface area contributed by atoms with Crippen molar-refractivity contribution in [1.29, 1.82) is 0 Å². The fourth-order valence-corrected chi connectivity index (χ4v) is 5.14. The second kappa shape index (κ2) is 12.1. The van der Waals surface area contributed by atoms with E-state index in [1.807, 2.05) is 60.4 Å². The number of carbonyl (C=O) groups excluding carboxylic acids is 2. The van der Waals surface area contributed by atoms with Gasteiger partial charge in [-0.2, -0.15) is 0 Å². The molecule has 204 valence electrons. The Bertz CT molecular complexity index is 1560. The van der Waals surface area contributed by atoms with Crippen LogP contribution in [-0.4, -0.2) is 48.0 Å². The fourth-order valence-electron chi connectivity index (χ4n) is 4.53. The molecule has 1 fully saturated rings. The molecule has 0 spiro atoms. The van der Waals surface area contributed by atoms with Crippen LogP contribution >= 0.6 is 35.4 Å². The van der Waals surface area contributed by atoms with Crippen LogP contribution in [0.5, 0.6) is 0 Å². The minimum Gasteiger partial charge on any atom is -0.451 e. The molecular formula is C30H26Cl2N4O3S. The number of thiocarbonyl (C=S) groups is 1. The maximum atomic E-state index is 12.9. The van der Waals surface area contributed by atoms with Crippen LogP contribution in [0.15, 0.2) is 83.3 Å². The molecule has 10 heteroatoms. The first-order chi connectivity index (χ1) is 19.3. The molecule has 0 unspecified atom stereocenters. The molecule has 4 aromatic rings. The van der Waals surface area contributed by atoms with E-state index in [1.165, 1.54) is 0 Å². The Hall–Kier alpha value is -3.85. The van der Waals surface area contributed by atoms with E-state index in [1.54, 1.807) is 30.3 Å². The van der Waals surface area contributed by atoms with Gasteiger partial charge in [-0.05, 0) is 79.3 Å².